The minimum absolute atomic E-state index is 0.0551. The van der Waals surface area contributed by atoms with E-state index in [-0.39, 0.29) is 11.3 Å². The van der Waals surface area contributed by atoms with Gasteiger partial charge in [-0.05, 0) is 82.5 Å². The Morgan fingerprint density at radius 3 is 2.34 bits per heavy atom. The second kappa shape index (κ2) is 10.4. The number of carbonyl (C=O) groups is 1. The Kier molecular flexibility index (Phi) is 7.56. The lowest BCUT2D eigenvalue weighted by Gasteiger charge is -2.25. The second-order valence-corrected chi connectivity index (χ2v) is 9.88. The predicted octanol–water partition coefficient (Wildman–Crippen LogP) is 7.51. The zero-order chi connectivity index (χ0) is 22.7. The zero-order valence-electron chi connectivity index (χ0n) is 17.2. The molecule has 1 fully saturated rings. The number of carbonyl (C=O) groups excluding carboxylic acids is 1. The highest BCUT2D eigenvalue weighted by molar-refractivity contribution is 9.10. The lowest BCUT2D eigenvalue weighted by atomic mass is 10.1. The van der Waals surface area contributed by atoms with Crippen molar-refractivity contribution < 1.29 is 14.3 Å². The fraction of sp³-hybridized carbons (Fsp3) is 0.208. The van der Waals surface area contributed by atoms with Crippen molar-refractivity contribution in [3.8, 4) is 11.5 Å². The molecule has 166 valence electrons. The molecule has 0 aliphatic carbocycles. The summed E-state index contributed by atoms with van der Waals surface area (Å²) >= 11 is 17.2. The van der Waals surface area contributed by atoms with Gasteiger partial charge in [0.05, 0.1) is 16.8 Å². The van der Waals surface area contributed by atoms with Crippen LogP contribution in [0.1, 0.15) is 23.4 Å². The third-order valence-electron chi connectivity index (χ3n) is 4.89. The van der Waals surface area contributed by atoms with Crippen molar-refractivity contribution >= 4 is 62.5 Å². The fourth-order valence-electron chi connectivity index (χ4n) is 3.42. The summed E-state index contributed by atoms with van der Waals surface area (Å²) in [6.45, 7) is 2.80. The van der Waals surface area contributed by atoms with Gasteiger partial charge >= 0.3 is 0 Å². The van der Waals surface area contributed by atoms with Gasteiger partial charge in [-0.1, -0.05) is 35.3 Å². The van der Waals surface area contributed by atoms with Gasteiger partial charge in [-0.15, -0.1) is 11.8 Å². The molecule has 1 saturated heterocycles. The SMILES string of the molecule is CCOc1cc([C@H]2SCC(=O)N2c2ccc(Cl)cc2)cc(Br)c1OCc1ccc(Cl)cc1. The first-order valence-electron chi connectivity index (χ1n) is 9.99. The number of thioether (sulfide) groups is 1. The molecule has 1 atom stereocenters. The summed E-state index contributed by atoms with van der Waals surface area (Å²) in [5.74, 6) is 1.71. The number of anilines is 1. The Morgan fingerprint density at radius 2 is 1.69 bits per heavy atom. The Hall–Kier alpha value is -1.86. The first-order chi connectivity index (χ1) is 15.5. The maximum atomic E-state index is 12.7. The van der Waals surface area contributed by atoms with Crippen LogP contribution in [0.3, 0.4) is 0 Å². The van der Waals surface area contributed by atoms with E-state index in [0.717, 1.165) is 21.3 Å². The third-order valence-corrected chi connectivity index (χ3v) is 7.19. The van der Waals surface area contributed by atoms with E-state index in [4.69, 9.17) is 32.7 Å². The van der Waals surface area contributed by atoms with Crippen molar-refractivity contribution in [2.45, 2.75) is 18.9 Å². The molecule has 32 heavy (non-hydrogen) atoms. The molecule has 8 heteroatoms. The van der Waals surface area contributed by atoms with Crippen molar-refractivity contribution in [3.63, 3.8) is 0 Å². The van der Waals surface area contributed by atoms with Crippen molar-refractivity contribution in [1.29, 1.82) is 0 Å². The number of ether oxygens (including phenoxy) is 2. The highest BCUT2D eigenvalue weighted by atomic mass is 79.9. The number of hydrogen-bond donors (Lipinski definition) is 0. The van der Waals surface area contributed by atoms with Crippen molar-refractivity contribution in [3.05, 3.63) is 86.3 Å². The van der Waals surface area contributed by atoms with Crippen LogP contribution < -0.4 is 14.4 Å². The van der Waals surface area contributed by atoms with Crippen LogP contribution in [0.4, 0.5) is 5.69 Å². The average Bonchev–Trinajstić information content (AvgIpc) is 3.16. The molecular formula is C24H20BrCl2NO3S. The van der Waals surface area contributed by atoms with Crippen molar-refractivity contribution in [2.24, 2.45) is 0 Å². The van der Waals surface area contributed by atoms with E-state index in [1.54, 1.807) is 28.8 Å². The molecule has 1 aliphatic heterocycles. The quantitative estimate of drug-likeness (QED) is 0.304. The lowest BCUT2D eigenvalue weighted by Crippen LogP contribution is -2.27. The molecule has 0 aromatic heterocycles. The van der Waals surface area contributed by atoms with Gasteiger partial charge in [0.15, 0.2) is 11.5 Å². The van der Waals surface area contributed by atoms with Crippen LogP contribution in [-0.2, 0) is 11.4 Å². The summed E-state index contributed by atoms with van der Waals surface area (Å²) in [6, 6.07) is 18.8. The largest absolute Gasteiger partial charge is 0.490 e. The summed E-state index contributed by atoms with van der Waals surface area (Å²) in [4.78, 5) is 14.5. The predicted molar refractivity (Wildman–Crippen MR) is 135 cm³/mol. The highest BCUT2D eigenvalue weighted by Gasteiger charge is 2.35. The Labute approximate surface area is 209 Å². The number of rotatable bonds is 7. The molecule has 0 N–H and O–H groups in total. The van der Waals surface area contributed by atoms with E-state index in [1.807, 2.05) is 55.5 Å². The van der Waals surface area contributed by atoms with E-state index < -0.39 is 0 Å². The molecule has 0 radical (unpaired) electrons. The number of halogens is 3. The van der Waals surface area contributed by atoms with Crippen LogP contribution in [0.2, 0.25) is 10.0 Å². The maximum Gasteiger partial charge on any atom is 0.238 e. The molecule has 4 nitrogen and oxygen atoms in total. The van der Waals surface area contributed by atoms with E-state index in [2.05, 4.69) is 15.9 Å². The smallest absolute Gasteiger partial charge is 0.238 e. The third kappa shape index (κ3) is 5.20. The first kappa shape index (κ1) is 23.3. The number of amides is 1. The second-order valence-electron chi connectivity index (χ2n) is 7.08. The number of nitrogens with zero attached hydrogens (tertiary/aromatic N) is 1. The fourth-order valence-corrected chi connectivity index (χ4v) is 5.40. The van der Waals surface area contributed by atoms with Crippen LogP contribution in [0.25, 0.3) is 0 Å². The first-order valence-corrected chi connectivity index (χ1v) is 12.6. The van der Waals surface area contributed by atoms with Crippen LogP contribution in [0, 0.1) is 0 Å². The molecule has 0 spiro atoms. The highest BCUT2D eigenvalue weighted by Crippen LogP contribution is 2.46. The van der Waals surface area contributed by atoms with E-state index in [9.17, 15) is 4.79 Å². The molecule has 0 saturated carbocycles. The van der Waals surface area contributed by atoms with E-state index in [0.29, 0.717) is 40.5 Å². The van der Waals surface area contributed by atoms with Gasteiger partial charge in [0.2, 0.25) is 5.91 Å². The maximum absolute atomic E-state index is 12.7. The average molecular weight is 553 g/mol. The summed E-state index contributed by atoms with van der Waals surface area (Å²) in [5.41, 5.74) is 2.76. The normalized spacial score (nSPS) is 15.8. The Morgan fingerprint density at radius 1 is 1.03 bits per heavy atom. The lowest BCUT2D eigenvalue weighted by molar-refractivity contribution is -0.115. The van der Waals surface area contributed by atoms with Gasteiger partial charge in [-0.25, -0.2) is 0 Å². The minimum Gasteiger partial charge on any atom is -0.490 e. The molecule has 1 amide bonds. The van der Waals surface area contributed by atoms with E-state index >= 15 is 0 Å². The van der Waals surface area contributed by atoms with Crippen LogP contribution in [0.15, 0.2) is 65.1 Å². The van der Waals surface area contributed by atoms with Gasteiger partial charge in [-0.2, -0.15) is 0 Å². The zero-order valence-corrected chi connectivity index (χ0v) is 21.1. The molecule has 0 unspecified atom stereocenters. The summed E-state index contributed by atoms with van der Waals surface area (Å²) in [5, 5.41) is 1.14. The van der Waals surface area contributed by atoms with Crippen molar-refractivity contribution in [1.82, 2.24) is 0 Å². The molecule has 3 aromatic rings. The van der Waals surface area contributed by atoms with Gasteiger partial charge in [0.1, 0.15) is 12.0 Å². The molecule has 4 rings (SSSR count). The van der Waals surface area contributed by atoms with Crippen molar-refractivity contribution in [2.75, 3.05) is 17.3 Å². The van der Waals surface area contributed by atoms with Gasteiger partial charge < -0.3 is 9.47 Å². The van der Waals surface area contributed by atoms with Gasteiger partial charge in [0, 0.05) is 15.7 Å². The summed E-state index contributed by atoms with van der Waals surface area (Å²) in [6.07, 6.45) is 0. The Balaban J connectivity index is 1.63. The monoisotopic (exact) mass is 551 g/mol. The standard InChI is InChI=1S/C24H20BrCl2NO3S/c1-2-30-21-12-16(11-20(25)23(21)31-13-15-3-5-17(26)6-4-15)24-28(22(29)14-32-24)19-9-7-18(27)8-10-19/h3-12,24H,2,13-14H2,1H3/t24-/m1/s1. The van der Waals surface area contributed by atoms with Gasteiger partial charge in [0.25, 0.3) is 0 Å². The topological polar surface area (TPSA) is 38.8 Å². The summed E-state index contributed by atoms with van der Waals surface area (Å²) < 4.78 is 12.8. The minimum atomic E-state index is -0.176. The molecule has 1 heterocycles. The number of benzene rings is 3. The molecule has 3 aromatic carbocycles. The van der Waals surface area contributed by atoms with Crippen LogP contribution in [-0.4, -0.2) is 18.3 Å². The van der Waals surface area contributed by atoms with Crippen LogP contribution >= 0.6 is 50.9 Å². The Bertz CT molecular complexity index is 1110. The van der Waals surface area contributed by atoms with Crippen LogP contribution in [0.5, 0.6) is 11.5 Å². The summed E-state index contributed by atoms with van der Waals surface area (Å²) in [7, 11) is 0. The van der Waals surface area contributed by atoms with Gasteiger partial charge in [-0.3, -0.25) is 9.69 Å². The molecular weight excluding hydrogens is 533 g/mol. The van der Waals surface area contributed by atoms with E-state index in [1.165, 1.54) is 0 Å². The number of hydrogen-bond acceptors (Lipinski definition) is 4. The molecule has 0 bridgehead atoms. The molecule has 1 aliphatic rings.